The molecule has 2 aromatic carbocycles. The summed E-state index contributed by atoms with van der Waals surface area (Å²) in [6.45, 7) is 2.63. The zero-order chi connectivity index (χ0) is 40.8. The van der Waals surface area contributed by atoms with Crippen molar-refractivity contribution in [1.29, 1.82) is 0 Å². The van der Waals surface area contributed by atoms with Gasteiger partial charge in [0.25, 0.3) is 0 Å². The van der Waals surface area contributed by atoms with Crippen LogP contribution >= 0.6 is 21.6 Å². The Morgan fingerprint density at radius 1 is 1.12 bits per heavy atom. The van der Waals surface area contributed by atoms with Gasteiger partial charge in [0, 0.05) is 84.4 Å². The number of hydrogen-bond donors (Lipinski definition) is 7. The van der Waals surface area contributed by atoms with Gasteiger partial charge < -0.3 is 45.2 Å². The van der Waals surface area contributed by atoms with Crippen molar-refractivity contribution in [1.82, 2.24) is 14.9 Å². The number of fused-ring (bicyclic) bond motifs is 4. The molecule has 0 saturated heterocycles. The number of phenols is 1. The summed E-state index contributed by atoms with van der Waals surface area (Å²) < 4.78 is 15.7. The number of benzene rings is 2. The first-order valence-electron chi connectivity index (χ1n) is 21.0. The number of aliphatic hydroxyl groups excluding tert-OH is 3. The number of aromatic nitrogens is 2. The van der Waals surface area contributed by atoms with E-state index in [0.717, 1.165) is 76.6 Å². The zero-order valence-corrected chi connectivity index (χ0v) is 34.9. The van der Waals surface area contributed by atoms with Crippen LogP contribution in [0.1, 0.15) is 128 Å². The third-order valence-corrected chi connectivity index (χ3v) is 15.4. The summed E-state index contributed by atoms with van der Waals surface area (Å²) in [6.07, 6.45) is 11.3. The lowest BCUT2D eigenvalue weighted by Gasteiger charge is -2.36. The fraction of sp³-hybridized carbons (Fsp3) is 0.500. The number of aromatic amines is 1. The number of carbonyl (C=O) groups excluding carboxylic acids is 1. The van der Waals surface area contributed by atoms with Gasteiger partial charge in [-0.1, -0.05) is 77.7 Å². The third-order valence-electron chi connectivity index (χ3n) is 13.0. The van der Waals surface area contributed by atoms with Gasteiger partial charge in [-0.15, -0.1) is 0 Å². The van der Waals surface area contributed by atoms with Crippen molar-refractivity contribution in [3.63, 3.8) is 0 Å². The van der Waals surface area contributed by atoms with E-state index in [-0.39, 0.29) is 55.0 Å². The number of aromatic hydroxyl groups is 1. The van der Waals surface area contributed by atoms with Crippen LogP contribution in [0.5, 0.6) is 17.2 Å². The monoisotopic (exact) mass is 836 g/mol. The smallest absolute Gasteiger partial charge is 0.191 e. The van der Waals surface area contributed by atoms with Crippen molar-refractivity contribution in [2.75, 3.05) is 12.3 Å². The second-order valence-electron chi connectivity index (χ2n) is 16.9. The number of aliphatic hydroxyl groups is 3. The first-order chi connectivity index (χ1) is 28.6. The summed E-state index contributed by atoms with van der Waals surface area (Å²) in [6, 6.07) is 5.58. The van der Waals surface area contributed by atoms with Crippen molar-refractivity contribution in [2.45, 2.75) is 120 Å². The molecule has 7 heterocycles. The number of hydrogen-bond acceptors (Lipinski definition) is 11. The molecule has 4 aromatic rings. The van der Waals surface area contributed by atoms with E-state index in [4.69, 9.17) is 15.2 Å². The molecule has 1 aliphatic carbocycles. The lowest BCUT2D eigenvalue weighted by molar-refractivity contribution is -0.121. The van der Waals surface area contributed by atoms with Crippen LogP contribution in [0.25, 0.3) is 10.9 Å². The number of nitrogens with zero attached hydrogens (tertiary/aromatic N) is 1. The number of rotatable bonds is 9. The van der Waals surface area contributed by atoms with E-state index < -0.39 is 35.9 Å². The van der Waals surface area contributed by atoms with Crippen molar-refractivity contribution in [3.8, 4) is 41.1 Å². The number of Topliss-reactive ketones (excluding diaryl/α,β-unsaturated/α-hetero) is 1. The molecule has 1 saturated carbocycles. The second kappa shape index (κ2) is 16.8. The molecule has 0 radical (unpaired) electrons. The van der Waals surface area contributed by atoms with Gasteiger partial charge >= 0.3 is 0 Å². The quantitative estimate of drug-likeness (QED) is 0.0701. The van der Waals surface area contributed by atoms with Crippen LogP contribution in [0, 0.1) is 35.2 Å². The van der Waals surface area contributed by atoms with Gasteiger partial charge in [0.15, 0.2) is 17.7 Å². The second-order valence-corrected chi connectivity index (χ2v) is 19.4. The molecule has 1 fully saturated rings. The van der Waals surface area contributed by atoms with Crippen LogP contribution < -0.4 is 20.5 Å². The maximum Gasteiger partial charge on any atom is 0.191 e. The van der Waals surface area contributed by atoms with E-state index in [1.807, 2.05) is 19.1 Å². The SMILES string of the molecule is CCC[C@H](O)C[C@@H](O)CC(=O)CCc1c(O)cc2c3c1CSSC[C@@H]1CN[C@H](N)c4ccc5c(c41)Cc1c[nH]c4cn(cc14)[C@@H](O3)[C@H](C#C[C@H]5O)C1(C#CO2)CCCC1. The summed E-state index contributed by atoms with van der Waals surface area (Å²) in [7, 11) is 3.36. The lowest BCUT2D eigenvalue weighted by atomic mass is 9.73. The summed E-state index contributed by atoms with van der Waals surface area (Å²) in [4.78, 5) is 16.9. The minimum Gasteiger partial charge on any atom is -0.508 e. The number of ketones is 1. The zero-order valence-electron chi connectivity index (χ0n) is 33.3. The molecule has 1 spiro atoms. The Bertz CT molecular complexity index is 2380. The summed E-state index contributed by atoms with van der Waals surface area (Å²) in [5, 5.41) is 49.3. The summed E-state index contributed by atoms with van der Waals surface area (Å²) in [5.41, 5.74) is 13.5. The Balaban J connectivity index is 1.21. The maximum absolute atomic E-state index is 13.3. The number of nitrogens with two attached hydrogens (primary N) is 1. The van der Waals surface area contributed by atoms with Gasteiger partial charge in [-0.25, -0.2) is 0 Å². The minimum absolute atomic E-state index is 0.0217. The number of phenolic OH excluding ortho intramolecular Hbond substituents is 1. The van der Waals surface area contributed by atoms with Gasteiger partial charge in [0.2, 0.25) is 0 Å². The van der Waals surface area contributed by atoms with E-state index in [0.29, 0.717) is 42.0 Å². The van der Waals surface area contributed by atoms with Crippen LogP contribution in [0.4, 0.5) is 0 Å². The van der Waals surface area contributed by atoms with Crippen molar-refractivity contribution < 1.29 is 34.7 Å². The predicted molar refractivity (Wildman–Crippen MR) is 230 cm³/mol. The fourth-order valence-electron chi connectivity index (χ4n) is 10.0. The molecule has 7 atom stereocenters. The van der Waals surface area contributed by atoms with Gasteiger partial charge in [-0.2, -0.15) is 0 Å². The van der Waals surface area contributed by atoms with E-state index in [2.05, 4.69) is 57.3 Å². The number of carbonyl (C=O) groups is 1. The predicted octanol–water partition coefficient (Wildman–Crippen LogP) is 6.77. The first kappa shape index (κ1) is 40.4. The Hall–Kier alpha value is -4.05. The van der Waals surface area contributed by atoms with E-state index in [9.17, 15) is 25.2 Å². The third kappa shape index (κ3) is 7.76. The van der Waals surface area contributed by atoms with Crippen LogP contribution in [-0.2, 0) is 23.4 Å². The van der Waals surface area contributed by atoms with Crippen LogP contribution in [0.2, 0.25) is 0 Å². The summed E-state index contributed by atoms with van der Waals surface area (Å²) in [5.74, 6) is 11.7. The molecule has 2 aromatic heterocycles. The summed E-state index contributed by atoms with van der Waals surface area (Å²) >= 11 is 0. The first-order valence-corrected chi connectivity index (χ1v) is 23.5. The molecule has 6 aliphatic rings. The Labute approximate surface area is 352 Å². The highest BCUT2D eigenvalue weighted by Gasteiger charge is 2.47. The number of nitrogens with one attached hydrogen (secondary N) is 2. The maximum atomic E-state index is 13.3. The Morgan fingerprint density at radius 2 is 1.95 bits per heavy atom. The molecule has 0 amide bonds. The molecule has 8 N–H and O–H groups in total. The molecule has 10 rings (SSSR count). The molecule has 13 heteroatoms. The van der Waals surface area contributed by atoms with Crippen molar-refractivity contribution in [3.05, 3.63) is 75.7 Å². The fourth-order valence-corrected chi connectivity index (χ4v) is 12.5. The molecule has 8 bridgehead atoms. The average Bonchev–Trinajstić information content (AvgIpc) is 3.95. The molecule has 5 aliphatic heterocycles. The van der Waals surface area contributed by atoms with Gasteiger partial charge in [-0.3, -0.25) is 10.1 Å². The molecule has 310 valence electrons. The Kier molecular flexibility index (Phi) is 11.5. The van der Waals surface area contributed by atoms with E-state index >= 15 is 0 Å². The standard InChI is InChI=1S/C46H52N4O7S2/c1-2-5-28(51)17-30(53)18-29(52)6-7-32-36-25-59-58-24-27-21-49-44(47)33-9-8-31-34(42(27)33)16-26-20-48-38-23-50(22-35(26)38)45-37(10-11-39(31)54)46(12-3-4-13-46)14-15-56-41(19-40(32)55)43(36)57-45/h8-9,19-20,22-23,27-28,30,37,39,44-45,48-49,51,53-55H,2-7,12-13,16-18,21,24-25,47H2,1H3/t27-,28-,30+,37-,39+,44-,45-/m0/s1. The van der Waals surface area contributed by atoms with Crippen LogP contribution in [0.15, 0.2) is 36.8 Å². The molecule has 11 nitrogen and oxygen atoms in total. The molecule has 59 heavy (non-hydrogen) atoms. The Morgan fingerprint density at radius 3 is 2.78 bits per heavy atom. The minimum atomic E-state index is -1.08. The highest BCUT2D eigenvalue weighted by Crippen LogP contribution is 2.53. The number of H-pyrrole nitrogens is 1. The normalized spacial score (nSPS) is 24.9. The number of ether oxygens (including phenoxy) is 2. The van der Waals surface area contributed by atoms with E-state index in [1.54, 1.807) is 21.6 Å². The van der Waals surface area contributed by atoms with Gasteiger partial charge in [-0.05, 0) is 59.9 Å². The molecular formula is C46H52N4O7S2. The largest absolute Gasteiger partial charge is 0.508 e. The molecular weight excluding hydrogens is 785 g/mol. The molecule has 0 unspecified atom stereocenters. The van der Waals surface area contributed by atoms with Crippen LogP contribution in [-0.4, -0.2) is 60.3 Å². The van der Waals surface area contributed by atoms with Gasteiger partial charge in [0.1, 0.15) is 23.7 Å². The average molecular weight is 837 g/mol. The highest BCUT2D eigenvalue weighted by atomic mass is 33.1. The lowest BCUT2D eigenvalue weighted by Crippen LogP contribution is -2.39. The van der Waals surface area contributed by atoms with Crippen molar-refractivity contribution >= 4 is 38.3 Å². The van der Waals surface area contributed by atoms with E-state index in [1.165, 1.54) is 6.07 Å². The highest BCUT2D eigenvalue weighted by molar-refractivity contribution is 8.76. The van der Waals surface area contributed by atoms with Crippen LogP contribution in [0.3, 0.4) is 0 Å². The van der Waals surface area contributed by atoms with Crippen molar-refractivity contribution in [2.24, 2.45) is 17.1 Å². The topological polar surface area (TPSA) is 175 Å². The van der Waals surface area contributed by atoms with Gasteiger partial charge in [0.05, 0.1) is 35.2 Å².